The third kappa shape index (κ3) is 3.14. The van der Waals surface area contributed by atoms with Crippen molar-refractivity contribution >= 4 is 23.5 Å². The minimum absolute atomic E-state index is 0.211. The van der Waals surface area contributed by atoms with E-state index in [4.69, 9.17) is 11.6 Å². The van der Waals surface area contributed by atoms with Gasteiger partial charge in [0.2, 0.25) is 5.91 Å². The Bertz CT molecular complexity index is 575. The van der Waals surface area contributed by atoms with E-state index < -0.39 is 0 Å². The molecule has 18 heavy (non-hydrogen) atoms. The molecule has 0 aliphatic rings. The van der Waals surface area contributed by atoms with E-state index in [2.05, 4.69) is 26.0 Å². The first kappa shape index (κ1) is 12.3. The summed E-state index contributed by atoms with van der Waals surface area (Å²) in [5.74, 6) is -0.0329. The summed E-state index contributed by atoms with van der Waals surface area (Å²) < 4.78 is 0. The molecule has 0 unspecified atom stereocenters. The van der Waals surface area contributed by atoms with E-state index >= 15 is 0 Å². The predicted octanol–water partition coefficient (Wildman–Crippen LogP) is 1.65. The van der Waals surface area contributed by atoms with Gasteiger partial charge in [-0.1, -0.05) is 23.7 Å². The molecule has 1 amide bonds. The summed E-state index contributed by atoms with van der Waals surface area (Å²) in [6.45, 7) is 1.38. The van der Waals surface area contributed by atoms with Gasteiger partial charge in [0.1, 0.15) is 0 Å². The van der Waals surface area contributed by atoms with E-state index in [1.54, 1.807) is 12.1 Å². The minimum Gasteiger partial charge on any atom is -0.274 e. The summed E-state index contributed by atoms with van der Waals surface area (Å²) >= 11 is 5.90. The van der Waals surface area contributed by atoms with Crippen LogP contribution in [0.1, 0.15) is 6.92 Å². The zero-order chi connectivity index (χ0) is 13.0. The van der Waals surface area contributed by atoms with Crippen molar-refractivity contribution in [3.63, 3.8) is 0 Å². The largest absolute Gasteiger partial charge is 0.274 e. The lowest BCUT2D eigenvalue weighted by Gasteiger charge is -2.05. The highest BCUT2D eigenvalue weighted by atomic mass is 35.5. The normalized spacial score (nSPS) is 9.89. The van der Waals surface area contributed by atoms with Crippen molar-refractivity contribution < 1.29 is 4.79 Å². The van der Waals surface area contributed by atoms with Gasteiger partial charge in [0.25, 0.3) is 5.95 Å². The summed E-state index contributed by atoms with van der Waals surface area (Å²) in [5.41, 5.74) is 6.36. The molecule has 0 saturated carbocycles. The molecule has 0 radical (unpaired) electrons. The molecule has 0 aliphatic heterocycles. The fraction of sp³-hybridized carbons (Fsp3) is 0.0909. The Hall–Kier alpha value is -2.21. The van der Waals surface area contributed by atoms with Crippen LogP contribution < -0.4 is 10.9 Å². The lowest BCUT2D eigenvalue weighted by atomic mass is 10.2. The fourth-order valence-electron chi connectivity index (χ4n) is 1.29. The first-order valence-corrected chi connectivity index (χ1v) is 5.51. The van der Waals surface area contributed by atoms with Gasteiger partial charge in [-0.15, -0.1) is 5.10 Å². The second-order valence-corrected chi connectivity index (χ2v) is 3.92. The van der Waals surface area contributed by atoms with Gasteiger partial charge in [-0.3, -0.25) is 15.6 Å². The predicted molar refractivity (Wildman–Crippen MR) is 67.7 cm³/mol. The van der Waals surface area contributed by atoms with Gasteiger partial charge in [0.05, 0.1) is 11.9 Å². The van der Waals surface area contributed by atoms with Crippen LogP contribution in [0.4, 0.5) is 5.95 Å². The van der Waals surface area contributed by atoms with Crippen LogP contribution >= 0.6 is 11.6 Å². The van der Waals surface area contributed by atoms with Gasteiger partial charge in [-0.05, 0) is 12.1 Å². The molecule has 0 fully saturated rings. The van der Waals surface area contributed by atoms with Gasteiger partial charge in [-0.25, -0.2) is 4.98 Å². The van der Waals surface area contributed by atoms with Gasteiger partial charge in [0.15, 0.2) is 0 Å². The zero-order valence-corrected chi connectivity index (χ0v) is 10.3. The van der Waals surface area contributed by atoms with Crippen LogP contribution in [0, 0.1) is 0 Å². The number of nitrogens with zero attached hydrogens (tertiary/aromatic N) is 3. The lowest BCUT2D eigenvalue weighted by Crippen LogP contribution is -2.27. The average molecular weight is 264 g/mol. The summed E-state index contributed by atoms with van der Waals surface area (Å²) in [6, 6.07) is 7.22. The Morgan fingerprint density at radius 1 is 1.39 bits per heavy atom. The van der Waals surface area contributed by atoms with Crippen molar-refractivity contribution in [1.82, 2.24) is 20.6 Å². The maximum atomic E-state index is 10.7. The topological polar surface area (TPSA) is 79.8 Å². The number of anilines is 1. The Morgan fingerprint density at radius 2 is 2.22 bits per heavy atom. The van der Waals surface area contributed by atoms with Gasteiger partial charge in [0, 0.05) is 17.5 Å². The van der Waals surface area contributed by atoms with Gasteiger partial charge >= 0.3 is 0 Å². The molecule has 0 bridgehead atoms. The fourth-order valence-corrected chi connectivity index (χ4v) is 1.48. The summed E-state index contributed by atoms with van der Waals surface area (Å²) in [7, 11) is 0. The van der Waals surface area contributed by atoms with Crippen molar-refractivity contribution in [2.45, 2.75) is 6.92 Å². The second-order valence-electron chi connectivity index (χ2n) is 3.48. The molecule has 0 spiro atoms. The highest BCUT2D eigenvalue weighted by molar-refractivity contribution is 6.30. The van der Waals surface area contributed by atoms with E-state index in [9.17, 15) is 4.79 Å². The summed E-state index contributed by atoms with van der Waals surface area (Å²) in [6.07, 6.45) is 1.52. The molecule has 2 aromatic rings. The second kappa shape index (κ2) is 5.42. The van der Waals surface area contributed by atoms with E-state index in [1.165, 1.54) is 13.1 Å². The molecule has 0 atom stereocenters. The van der Waals surface area contributed by atoms with Crippen molar-refractivity contribution in [3.05, 3.63) is 35.5 Å². The van der Waals surface area contributed by atoms with Crippen LogP contribution in [0.25, 0.3) is 11.3 Å². The van der Waals surface area contributed by atoms with Crippen molar-refractivity contribution in [2.24, 2.45) is 0 Å². The number of nitrogens with one attached hydrogen (secondary N) is 2. The number of halogens is 1. The van der Waals surface area contributed by atoms with Crippen LogP contribution in [0.15, 0.2) is 30.5 Å². The molecule has 2 rings (SSSR count). The number of carbonyl (C=O) groups excluding carboxylic acids is 1. The standard InChI is InChI=1S/C11H10ClN5O/c1-7(18)15-17-11-14-10(6-13-16-11)8-3-2-4-9(12)5-8/h2-6H,1H3,(H,15,18)(H,14,16,17). The minimum atomic E-state index is -0.244. The van der Waals surface area contributed by atoms with E-state index in [0.717, 1.165) is 5.56 Å². The van der Waals surface area contributed by atoms with Crippen LogP contribution in [-0.4, -0.2) is 21.1 Å². The molecular formula is C11H10ClN5O. The lowest BCUT2D eigenvalue weighted by molar-refractivity contribution is -0.118. The third-order valence-electron chi connectivity index (χ3n) is 2.03. The quantitative estimate of drug-likeness (QED) is 0.823. The molecule has 6 nitrogen and oxygen atoms in total. The smallest absolute Gasteiger partial charge is 0.262 e. The number of amides is 1. The Labute approximate surface area is 108 Å². The highest BCUT2D eigenvalue weighted by Gasteiger charge is 2.04. The number of carbonyl (C=O) groups is 1. The first-order chi connectivity index (χ1) is 8.65. The third-order valence-corrected chi connectivity index (χ3v) is 2.26. The number of rotatable bonds is 3. The van der Waals surface area contributed by atoms with E-state index in [-0.39, 0.29) is 11.9 Å². The molecule has 1 heterocycles. The number of benzene rings is 1. The maximum absolute atomic E-state index is 10.7. The number of hydrogen-bond donors (Lipinski definition) is 2. The maximum Gasteiger partial charge on any atom is 0.262 e. The molecule has 7 heteroatoms. The van der Waals surface area contributed by atoms with Crippen molar-refractivity contribution in [3.8, 4) is 11.3 Å². The summed E-state index contributed by atoms with van der Waals surface area (Å²) in [5, 5.41) is 8.15. The monoisotopic (exact) mass is 263 g/mol. The molecule has 1 aromatic carbocycles. The first-order valence-electron chi connectivity index (χ1n) is 5.13. The van der Waals surface area contributed by atoms with E-state index in [1.807, 2.05) is 12.1 Å². The van der Waals surface area contributed by atoms with Crippen molar-refractivity contribution in [1.29, 1.82) is 0 Å². The Balaban J connectivity index is 2.24. The summed E-state index contributed by atoms with van der Waals surface area (Å²) in [4.78, 5) is 14.9. The number of hydrazine groups is 1. The number of aromatic nitrogens is 3. The molecule has 0 aliphatic carbocycles. The molecule has 0 saturated heterocycles. The van der Waals surface area contributed by atoms with Crippen LogP contribution in [0.5, 0.6) is 0 Å². The van der Waals surface area contributed by atoms with Gasteiger partial charge < -0.3 is 0 Å². The highest BCUT2D eigenvalue weighted by Crippen LogP contribution is 2.20. The SMILES string of the molecule is CC(=O)NNc1nncc(-c2cccc(Cl)c2)n1. The van der Waals surface area contributed by atoms with Crippen LogP contribution in [0.2, 0.25) is 5.02 Å². The van der Waals surface area contributed by atoms with Crippen molar-refractivity contribution in [2.75, 3.05) is 5.43 Å². The number of hydrogen-bond acceptors (Lipinski definition) is 5. The Morgan fingerprint density at radius 3 is 2.94 bits per heavy atom. The van der Waals surface area contributed by atoms with E-state index in [0.29, 0.717) is 10.7 Å². The molecule has 2 N–H and O–H groups in total. The van der Waals surface area contributed by atoms with Gasteiger partial charge in [-0.2, -0.15) is 5.10 Å². The zero-order valence-electron chi connectivity index (χ0n) is 9.51. The molecule has 92 valence electrons. The van der Waals surface area contributed by atoms with Crippen LogP contribution in [0.3, 0.4) is 0 Å². The average Bonchev–Trinajstić information content (AvgIpc) is 2.37. The Kier molecular flexibility index (Phi) is 3.69. The molecular weight excluding hydrogens is 254 g/mol. The van der Waals surface area contributed by atoms with Crippen LogP contribution in [-0.2, 0) is 4.79 Å². The molecule has 1 aromatic heterocycles.